The Bertz CT molecular complexity index is 844. The number of hydrogen-bond acceptors (Lipinski definition) is 5. The molecule has 1 aromatic carbocycles. The van der Waals surface area contributed by atoms with Crippen LogP contribution in [0.3, 0.4) is 0 Å². The zero-order valence-corrected chi connectivity index (χ0v) is 18.4. The van der Waals surface area contributed by atoms with E-state index in [1.54, 1.807) is 0 Å². The Kier molecular flexibility index (Phi) is 5.43. The second-order valence-electron chi connectivity index (χ2n) is 9.39. The highest BCUT2D eigenvalue weighted by atomic mass is 16.6. The molecule has 2 aliphatic heterocycles. The standard InChI is InChI=1S/C24H33NO5/c1-5-7-16-11-17-20(23(28)25(8-6-2)22(17)27)18-12-19(30-24(16,18)29)15-9-13(3)21(26)14(4)10-15/h9-10,16-20,26,29H,5-8,11-12H2,1-4H3/t16-,17-,18-,19-,20-,24+/m0/s1. The maximum absolute atomic E-state index is 13.2. The number of phenols is 1. The van der Waals surface area contributed by atoms with Crippen LogP contribution in [0.2, 0.25) is 0 Å². The van der Waals surface area contributed by atoms with E-state index in [1.807, 2.05) is 32.9 Å². The Morgan fingerprint density at radius 3 is 2.37 bits per heavy atom. The number of phenolic OH excluding ortho intramolecular Hbond substituents is 1. The second kappa shape index (κ2) is 7.65. The van der Waals surface area contributed by atoms with Crippen LogP contribution in [-0.4, -0.2) is 39.3 Å². The zero-order valence-electron chi connectivity index (χ0n) is 18.4. The number of amides is 2. The van der Waals surface area contributed by atoms with Crippen LogP contribution < -0.4 is 0 Å². The van der Waals surface area contributed by atoms with Crippen molar-refractivity contribution in [3.63, 3.8) is 0 Å². The van der Waals surface area contributed by atoms with Crippen molar-refractivity contribution in [2.24, 2.45) is 23.7 Å². The number of hydrogen-bond donors (Lipinski definition) is 2. The van der Waals surface area contributed by atoms with E-state index >= 15 is 0 Å². The van der Waals surface area contributed by atoms with Gasteiger partial charge in [0, 0.05) is 18.4 Å². The highest BCUT2D eigenvalue weighted by Gasteiger charge is 2.66. The maximum Gasteiger partial charge on any atom is 0.233 e. The number of aryl methyl sites for hydroxylation is 2. The number of imide groups is 1. The van der Waals surface area contributed by atoms with Gasteiger partial charge >= 0.3 is 0 Å². The number of likely N-dealkylation sites (tertiary alicyclic amines) is 1. The lowest BCUT2D eigenvalue weighted by Crippen LogP contribution is -2.53. The van der Waals surface area contributed by atoms with Gasteiger partial charge in [0.25, 0.3) is 0 Å². The number of carbonyl (C=O) groups is 2. The van der Waals surface area contributed by atoms with Gasteiger partial charge in [0.05, 0.1) is 17.9 Å². The van der Waals surface area contributed by atoms with Crippen molar-refractivity contribution in [3.8, 4) is 5.75 Å². The molecule has 0 bridgehead atoms. The minimum atomic E-state index is -1.40. The molecule has 2 N–H and O–H groups in total. The topological polar surface area (TPSA) is 87.1 Å². The molecule has 3 fully saturated rings. The fourth-order valence-corrected chi connectivity index (χ4v) is 6.05. The summed E-state index contributed by atoms with van der Waals surface area (Å²) in [5.74, 6) is -2.78. The summed E-state index contributed by atoms with van der Waals surface area (Å²) in [6, 6.07) is 3.79. The average molecular weight is 416 g/mol. The van der Waals surface area contributed by atoms with Gasteiger partial charge in [-0.05, 0) is 68.4 Å². The molecule has 6 nitrogen and oxygen atoms in total. The van der Waals surface area contributed by atoms with E-state index < -0.39 is 17.6 Å². The Balaban J connectivity index is 1.72. The summed E-state index contributed by atoms with van der Waals surface area (Å²) in [5, 5.41) is 21.9. The van der Waals surface area contributed by atoms with E-state index in [1.165, 1.54) is 4.90 Å². The monoisotopic (exact) mass is 415 g/mol. The van der Waals surface area contributed by atoms with Crippen LogP contribution in [0.4, 0.5) is 0 Å². The fourth-order valence-electron chi connectivity index (χ4n) is 6.05. The number of carbonyl (C=O) groups excluding carboxylic acids is 2. The third-order valence-corrected chi connectivity index (χ3v) is 7.42. The summed E-state index contributed by atoms with van der Waals surface area (Å²) in [4.78, 5) is 27.6. The molecule has 4 rings (SSSR count). The first-order valence-corrected chi connectivity index (χ1v) is 11.3. The highest BCUT2D eigenvalue weighted by molar-refractivity contribution is 6.05. The molecule has 1 saturated carbocycles. The summed E-state index contributed by atoms with van der Waals surface area (Å²) < 4.78 is 6.33. The van der Waals surface area contributed by atoms with Crippen molar-refractivity contribution in [2.75, 3.05) is 6.54 Å². The highest BCUT2D eigenvalue weighted by Crippen LogP contribution is 2.59. The Morgan fingerprint density at radius 1 is 1.10 bits per heavy atom. The van der Waals surface area contributed by atoms with Crippen molar-refractivity contribution in [1.82, 2.24) is 4.90 Å². The van der Waals surface area contributed by atoms with Gasteiger partial charge in [-0.1, -0.05) is 20.3 Å². The van der Waals surface area contributed by atoms with Crippen molar-refractivity contribution < 1.29 is 24.5 Å². The summed E-state index contributed by atoms with van der Waals surface area (Å²) in [6.45, 7) is 8.16. The normalized spacial score (nSPS) is 35.6. The Labute approximate surface area is 178 Å². The average Bonchev–Trinajstić information content (AvgIpc) is 3.17. The van der Waals surface area contributed by atoms with E-state index in [9.17, 15) is 19.8 Å². The van der Waals surface area contributed by atoms with E-state index in [0.29, 0.717) is 19.4 Å². The van der Waals surface area contributed by atoms with Crippen LogP contribution in [0.5, 0.6) is 5.75 Å². The van der Waals surface area contributed by atoms with Gasteiger partial charge in [0.15, 0.2) is 5.79 Å². The Hall–Kier alpha value is -1.92. The van der Waals surface area contributed by atoms with Gasteiger partial charge in [0.1, 0.15) is 5.75 Å². The van der Waals surface area contributed by atoms with Gasteiger partial charge < -0.3 is 14.9 Å². The molecule has 30 heavy (non-hydrogen) atoms. The predicted octanol–water partition coefficient (Wildman–Crippen LogP) is 3.61. The number of nitrogens with zero attached hydrogens (tertiary/aromatic N) is 1. The van der Waals surface area contributed by atoms with Crippen LogP contribution in [0.25, 0.3) is 0 Å². The van der Waals surface area contributed by atoms with Crippen molar-refractivity contribution in [3.05, 3.63) is 28.8 Å². The minimum Gasteiger partial charge on any atom is -0.507 e. The third-order valence-electron chi connectivity index (χ3n) is 7.42. The molecule has 0 unspecified atom stereocenters. The SMILES string of the molecule is CCC[C@H]1C[C@@H]2C(=O)N(CCC)C(=O)[C@@H]2[C@@H]2C[C@@H](c3cc(C)c(O)c(C)c3)O[C@]12O. The summed E-state index contributed by atoms with van der Waals surface area (Å²) in [6.07, 6.45) is 3.00. The lowest BCUT2D eigenvalue weighted by molar-refractivity contribution is -0.270. The first kappa shape index (κ1) is 21.3. The quantitative estimate of drug-likeness (QED) is 0.718. The Morgan fingerprint density at radius 2 is 1.77 bits per heavy atom. The van der Waals surface area contributed by atoms with Gasteiger partial charge in [-0.15, -0.1) is 0 Å². The fraction of sp³-hybridized carbons (Fsp3) is 0.667. The lowest BCUT2D eigenvalue weighted by atomic mass is 9.63. The molecule has 6 heteroatoms. The van der Waals surface area contributed by atoms with Gasteiger partial charge in [-0.2, -0.15) is 0 Å². The molecule has 164 valence electrons. The molecule has 2 heterocycles. The molecular formula is C24H33NO5. The summed E-state index contributed by atoms with van der Waals surface area (Å²) >= 11 is 0. The molecule has 6 atom stereocenters. The number of benzene rings is 1. The molecule has 3 aliphatic rings. The molecule has 1 aromatic rings. The van der Waals surface area contributed by atoms with Crippen LogP contribution in [0.1, 0.15) is 68.7 Å². The lowest BCUT2D eigenvalue weighted by Gasteiger charge is -2.44. The zero-order chi connectivity index (χ0) is 21.8. The van der Waals surface area contributed by atoms with Crippen molar-refractivity contribution in [1.29, 1.82) is 0 Å². The van der Waals surface area contributed by atoms with E-state index in [0.717, 1.165) is 36.0 Å². The smallest absolute Gasteiger partial charge is 0.233 e. The van der Waals surface area contributed by atoms with Gasteiger partial charge in [0.2, 0.25) is 11.8 Å². The van der Waals surface area contributed by atoms with Gasteiger partial charge in [-0.25, -0.2) is 0 Å². The van der Waals surface area contributed by atoms with Crippen molar-refractivity contribution in [2.45, 2.75) is 71.7 Å². The summed E-state index contributed by atoms with van der Waals surface area (Å²) in [5.41, 5.74) is 2.43. The van der Waals surface area contributed by atoms with E-state index in [2.05, 4.69) is 6.92 Å². The van der Waals surface area contributed by atoms with Crippen LogP contribution in [0, 0.1) is 37.5 Å². The van der Waals surface area contributed by atoms with E-state index in [-0.39, 0.29) is 35.5 Å². The van der Waals surface area contributed by atoms with Crippen molar-refractivity contribution >= 4 is 11.8 Å². The molecule has 2 saturated heterocycles. The first-order valence-electron chi connectivity index (χ1n) is 11.3. The molecule has 0 aromatic heterocycles. The van der Waals surface area contributed by atoms with Gasteiger partial charge in [-0.3, -0.25) is 14.5 Å². The molecule has 1 aliphatic carbocycles. The molecule has 0 radical (unpaired) electrons. The van der Waals surface area contributed by atoms with Crippen LogP contribution in [-0.2, 0) is 14.3 Å². The molecule has 0 spiro atoms. The number of fused-ring (bicyclic) bond motifs is 3. The maximum atomic E-state index is 13.2. The minimum absolute atomic E-state index is 0.0743. The number of rotatable bonds is 5. The first-order chi connectivity index (χ1) is 14.2. The molecular weight excluding hydrogens is 382 g/mol. The molecule has 2 amide bonds. The number of aliphatic hydroxyl groups is 1. The van der Waals surface area contributed by atoms with E-state index in [4.69, 9.17) is 4.74 Å². The summed E-state index contributed by atoms with van der Waals surface area (Å²) in [7, 11) is 0. The second-order valence-corrected chi connectivity index (χ2v) is 9.39. The number of aromatic hydroxyl groups is 1. The van der Waals surface area contributed by atoms with Crippen LogP contribution >= 0.6 is 0 Å². The number of ether oxygens (including phenoxy) is 1. The predicted molar refractivity (Wildman–Crippen MR) is 111 cm³/mol. The third kappa shape index (κ3) is 3.07. The largest absolute Gasteiger partial charge is 0.507 e. The van der Waals surface area contributed by atoms with Crippen LogP contribution in [0.15, 0.2) is 12.1 Å².